The monoisotopic (exact) mass is 323 g/mol. The van der Waals surface area contributed by atoms with E-state index in [-0.39, 0.29) is 36.8 Å². The molecule has 114 valence electrons. The molecule has 7 heteroatoms. The van der Waals surface area contributed by atoms with Gasteiger partial charge in [-0.25, -0.2) is 4.39 Å². The van der Waals surface area contributed by atoms with E-state index in [4.69, 9.17) is 0 Å². The highest BCUT2D eigenvalue weighted by atomic mass is 35.5. The molecule has 0 radical (unpaired) electrons. The second-order valence-electron chi connectivity index (χ2n) is 4.60. The predicted molar refractivity (Wildman–Crippen MR) is 81.4 cm³/mol. The van der Waals surface area contributed by atoms with Gasteiger partial charge in [0.2, 0.25) is 5.91 Å². The van der Waals surface area contributed by atoms with Gasteiger partial charge in [-0.15, -0.1) is 24.8 Å². The van der Waals surface area contributed by atoms with Gasteiger partial charge in [-0.2, -0.15) is 0 Å². The Morgan fingerprint density at radius 2 is 2.30 bits per heavy atom. The highest BCUT2D eigenvalue weighted by Crippen LogP contribution is 2.08. The summed E-state index contributed by atoms with van der Waals surface area (Å²) in [5, 5.41) is 5.86. The van der Waals surface area contributed by atoms with Crippen molar-refractivity contribution in [3.63, 3.8) is 0 Å². The SMILES string of the molecule is Cl.Cl.O=C(CCc1cccnc1)NC[C@@H]1C[C@H](F)CN1. The number of alkyl halides is 1. The average molecular weight is 324 g/mol. The molecule has 0 unspecified atom stereocenters. The van der Waals surface area contributed by atoms with Crippen LogP contribution in [0.2, 0.25) is 0 Å². The van der Waals surface area contributed by atoms with Crippen LogP contribution in [-0.4, -0.2) is 36.2 Å². The normalized spacial score (nSPS) is 20.6. The van der Waals surface area contributed by atoms with Gasteiger partial charge in [0.25, 0.3) is 0 Å². The number of carbonyl (C=O) groups is 1. The van der Waals surface area contributed by atoms with Crippen LogP contribution in [0.1, 0.15) is 18.4 Å². The van der Waals surface area contributed by atoms with Crippen LogP contribution >= 0.6 is 24.8 Å². The molecule has 1 aliphatic heterocycles. The quantitative estimate of drug-likeness (QED) is 0.866. The van der Waals surface area contributed by atoms with Gasteiger partial charge in [-0.05, 0) is 24.5 Å². The van der Waals surface area contributed by atoms with Crippen LogP contribution in [0.4, 0.5) is 4.39 Å². The van der Waals surface area contributed by atoms with Crippen molar-refractivity contribution in [3.8, 4) is 0 Å². The summed E-state index contributed by atoms with van der Waals surface area (Å²) in [5.41, 5.74) is 1.05. The number of carbonyl (C=O) groups excluding carboxylic acids is 1. The van der Waals surface area contributed by atoms with Crippen molar-refractivity contribution in [2.45, 2.75) is 31.5 Å². The van der Waals surface area contributed by atoms with E-state index in [0.29, 0.717) is 32.4 Å². The van der Waals surface area contributed by atoms with E-state index in [1.54, 1.807) is 12.4 Å². The lowest BCUT2D eigenvalue weighted by molar-refractivity contribution is -0.121. The highest BCUT2D eigenvalue weighted by molar-refractivity contribution is 5.85. The van der Waals surface area contributed by atoms with Crippen molar-refractivity contribution >= 4 is 30.7 Å². The topological polar surface area (TPSA) is 54.0 Å². The zero-order valence-electron chi connectivity index (χ0n) is 11.0. The summed E-state index contributed by atoms with van der Waals surface area (Å²) >= 11 is 0. The molecule has 2 rings (SSSR count). The minimum absolute atomic E-state index is 0. The fourth-order valence-electron chi connectivity index (χ4n) is 2.05. The fourth-order valence-corrected chi connectivity index (χ4v) is 2.05. The van der Waals surface area contributed by atoms with Gasteiger partial charge in [0.05, 0.1) is 0 Å². The fraction of sp³-hybridized carbons (Fsp3) is 0.538. The Morgan fingerprint density at radius 3 is 2.90 bits per heavy atom. The molecule has 0 spiro atoms. The maximum atomic E-state index is 12.9. The lowest BCUT2D eigenvalue weighted by Gasteiger charge is -2.11. The molecule has 1 aromatic rings. The highest BCUT2D eigenvalue weighted by Gasteiger charge is 2.23. The largest absolute Gasteiger partial charge is 0.355 e. The molecule has 1 saturated heterocycles. The molecule has 0 aromatic carbocycles. The first-order chi connectivity index (χ1) is 8.74. The number of aryl methyl sites for hydroxylation is 1. The maximum Gasteiger partial charge on any atom is 0.220 e. The van der Waals surface area contributed by atoms with Crippen molar-refractivity contribution in [2.75, 3.05) is 13.1 Å². The molecule has 2 heterocycles. The van der Waals surface area contributed by atoms with E-state index in [9.17, 15) is 9.18 Å². The molecule has 1 fully saturated rings. The minimum Gasteiger partial charge on any atom is -0.355 e. The van der Waals surface area contributed by atoms with Gasteiger partial charge in [-0.3, -0.25) is 9.78 Å². The van der Waals surface area contributed by atoms with Crippen molar-refractivity contribution < 1.29 is 9.18 Å². The number of pyridine rings is 1. The van der Waals surface area contributed by atoms with E-state index in [1.807, 2.05) is 12.1 Å². The average Bonchev–Trinajstić information content (AvgIpc) is 2.81. The summed E-state index contributed by atoms with van der Waals surface area (Å²) in [6.07, 6.45) is 4.31. The zero-order chi connectivity index (χ0) is 12.8. The molecule has 1 amide bonds. The van der Waals surface area contributed by atoms with Crippen molar-refractivity contribution in [2.24, 2.45) is 0 Å². The van der Waals surface area contributed by atoms with Crippen molar-refractivity contribution in [3.05, 3.63) is 30.1 Å². The van der Waals surface area contributed by atoms with Gasteiger partial charge >= 0.3 is 0 Å². The van der Waals surface area contributed by atoms with E-state index in [1.165, 1.54) is 0 Å². The second-order valence-corrected chi connectivity index (χ2v) is 4.60. The molecule has 0 saturated carbocycles. The smallest absolute Gasteiger partial charge is 0.220 e. The van der Waals surface area contributed by atoms with Crippen LogP contribution in [-0.2, 0) is 11.2 Å². The van der Waals surface area contributed by atoms with Crippen LogP contribution in [0, 0.1) is 0 Å². The van der Waals surface area contributed by atoms with Crippen molar-refractivity contribution in [1.82, 2.24) is 15.6 Å². The zero-order valence-corrected chi connectivity index (χ0v) is 12.7. The van der Waals surface area contributed by atoms with Crippen LogP contribution in [0.3, 0.4) is 0 Å². The summed E-state index contributed by atoms with van der Waals surface area (Å²) in [6, 6.07) is 3.88. The van der Waals surface area contributed by atoms with E-state index in [0.717, 1.165) is 5.56 Å². The molecular weight excluding hydrogens is 304 g/mol. The third-order valence-electron chi connectivity index (χ3n) is 3.08. The number of hydrogen-bond acceptors (Lipinski definition) is 3. The Balaban J connectivity index is 0.00000180. The molecule has 0 aliphatic carbocycles. The van der Waals surface area contributed by atoms with Crippen LogP contribution in [0.15, 0.2) is 24.5 Å². The van der Waals surface area contributed by atoms with Gasteiger partial charge in [0, 0.05) is 37.9 Å². The third kappa shape index (κ3) is 6.50. The van der Waals surface area contributed by atoms with E-state index < -0.39 is 6.17 Å². The first-order valence-corrected chi connectivity index (χ1v) is 6.27. The van der Waals surface area contributed by atoms with Crippen LogP contribution < -0.4 is 10.6 Å². The Labute approximate surface area is 130 Å². The van der Waals surface area contributed by atoms with Gasteiger partial charge in [0.1, 0.15) is 6.17 Å². The molecule has 1 aliphatic rings. The number of halogens is 3. The summed E-state index contributed by atoms with van der Waals surface area (Å²) in [6.45, 7) is 0.905. The number of nitrogens with one attached hydrogen (secondary N) is 2. The molecule has 2 N–H and O–H groups in total. The Hall–Kier alpha value is -0.910. The molecule has 20 heavy (non-hydrogen) atoms. The lowest BCUT2D eigenvalue weighted by Crippen LogP contribution is -2.37. The van der Waals surface area contributed by atoms with E-state index in [2.05, 4.69) is 15.6 Å². The van der Waals surface area contributed by atoms with Crippen molar-refractivity contribution in [1.29, 1.82) is 0 Å². The summed E-state index contributed by atoms with van der Waals surface area (Å²) < 4.78 is 12.9. The van der Waals surface area contributed by atoms with Gasteiger partial charge in [-0.1, -0.05) is 6.07 Å². The van der Waals surface area contributed by atoms with Crippen LogP contribution in [0.5, 0.6) is 0 Å². The summed E-state index contributed by atoms with van der Waals surface area (Å²) in [7, 11) is 0. The molecule has 1 aromatic heterocycles. The second kappa shape index (κ2) is 9.91. The number of rotatable bonds is 5. The number of aromatic nitrogens is 1. The molecule has 0 bridgehead atoms. The maximum absolute atomic E-state index is 12.9. The summed E-state index contributed by atoms with van der Waals surface area (Å²) in [4.78, 5) is 15.6. The summed E-state index contributed by atoms with van der Waals surface area (Å²) in [5.74, 6) is 0.00274. The molecular formula is C13H20Cl2FN3O. The van der Waals surface area contributed by atoms with Gasteiger partial charge < -0.3 is 10.6 Å². The first kappa shape index (κ1) is 19.1. The van der Waals surface area contributed by atoms with Gasteiger partial charge in [0.15, 0.2) is 0 Å². The Morgan fingerprint density at radius 1 is 1.50 bits per heavy atom. The minimum atomic E-state index is -0.776. The Kier molecular flexibility index (Phi) is 9.46. The number of hydrogen-bond donors (Lipinski definition) is 2. The molecule has 2 atom stereocenters. The third-order valence-corrected chi connectivity index (χ3v) is 3.08. The van der Waals surface area contributed by atoms with E-state index >= 15 is 0 Å². The predicted octanol–water partition coefficient (Wildman–Crippen LogP) is 1.67. The number of nitrogens with zero attached hydrogens (tertiary/aromatic N) is 1. The lowest BCUT2D eigenvalue weighted by atomic mass is 10.1. The first-order valence-electron chi connectivity index (χ1n) is 6.27. The number of amides is 1. The molecule has 4 nitrogen and oxygen atoms in total. The standard InChI is InChI=1S/C13H18FN3O.2ClH/c14-11-6-12(16-8-11)9-17-13(18)4-3-10-2-1-5-15-7-10;;/h1-2,5,7,11-12,16H,3-4,6,8-9H2,(H,17,18);2*1H/t11-,12-;;/m0../s1. The Bertz CT molecular complexity index is 394. The van der Waals surface area contributed by atoms with Crippen LogP contribution in [0.25, 0.3) is 0 Å².